The molecule has 3 heteroatoms. The standard InChI is InChI=1S/C14H20O3/c1-13(2,3)11-7-10(5-6-12(11)16-4)14(15)8-17-9-14/h5-7,15H,8-9H2,1-4H3. The highest BCUT2D eigenvalue weighted by molar-refractivity contribution is 5.43. The van der Waals surface area contributed by atoms with E-state index in [0.29, 0.717) is 13.2 Å². The van der Waals surface area contributed by atoms with Crippen LogP contribution in [-0.2, 0) is 15.8 Å². The SMILES string of the molecule is COc1ccc(C2(O)COC2)cc1C(C)(C)C. The summed E-state index contributed by atoms with van der Waals surface area (Å²) in [5, 5.41) is 10.3. The Balaban J connectivity index is 2.45. The summed E-state index contributed by atoms with van der Waals surface area (Å²) in [5.41, 5.74) is 1.20. The van der Waals surface area contributed by atoms with Crippen LogP contribution >= 0.6 is 0 Å². The maximum atomic E-state index is 10.3. The van der Waals surface area contributed by atoms with Crippen molar-refractivity contribution in [1.29, 1.82) is 0 Å². The molecular weight excluding hydrogens is 216 g/mol. The molecule has 1 fully saturated rings. The maximum Gasteiger partial charge on any atom is 0.136 e. The van der Waals surface area contributed by atoms with E-state index in [4.69, 9.17) is 9.47 Å². The van der Waals surface area contributed by atoms with Crippen molar-refractivity contribution in [2.45, 2.75) is 31.8 Å². The van der Waals surface area contributed by atoms with Crippen LogP contribution in [0.25, 0.3) is 0 Å². The number of hydrogen-bond acceptors (Lipinski definition) is 3. The third-order valence-corrected chi connectivity index (χ3v) is 3.23. The second kappa shape index (κ2) is 4.00. The van der Waals surface area contributed by atoms with Crippen LogP contribution in [0, 0.1) is 0 Å². The average Bonchev–Trinajstić information content (AvgIpc) is 2.24. The molecular formula is C14H20O3. The minimum atomic E-state index is -0.813. The quantitative estimate of drug-likeness (QED) is 0.855. The summed E-state index contributed by atoms with van der Waals surface area (Å²) >= 11 is 0. The van der Waals surface area contributed by atoms with Gasteiger partial charge in [0.05, 0.1) is 20.3 Å². The van der Waals surface area contributed by atoms with Gasteiger partial charge in [0.25, 0.3) is 0 Å². The molecule has 1 heterocycles. The summed E-state index contributed by atoms with van der Waals surface area (Å²) in [6.07, 6.45) is 0. The van der Waals surface area contributed by atoms with E-state index in [0.717, 1.165) is 16.9 Å². The van der Waals surface area contributed by atoms with Crippen LogP contribution in [0.2, 0.25) is 0 Å². The van der Waals surface area contributed by atoms with Crippen LogP contribution in [0.15, 0.2) is 18.2 Å². The van der Waals surface area contributed by atoms with Crippen molar-refractivity contribution in [2.75, 3.05) is 20.3 Å². The fourth-order valence-electron chi connectivity index (χ4n) is 2.05. The Morgan fingerprint density at radius 1 is 1.29 bits per heavy atom. The summed E-state index contributed by atoms with van der Waals surface area (Å²) in [7, 11) is 1.67. The molecule has 0 aromatic heterocycles. The number of hydrogen-bond donors (Lipinski definition) is 1. The topological polar surface area (TPSA) is 38.7 Å². The molecule has 1 N–H and O–H groups in total. The van der Waals surface area contributed by atoms with E-state index >= 15 is 0 Å². The van der Waals surface area contributed by atoms with Gasteiger partial charge in [0, 0.05) is 0 Å². The summed E-state index contributed by atoms with van der Waals surface area (Å²) in [6.45, 7) is 7.16. The lowest BCUT2D eigenvalue weighted by molar-refractivity contribution is -0.184. The Hall–Kier alpha value is -1.06. The molecule has 0 aliphatic carbocycles. The third kappa shape index (κ3) is 2.17. The molecule has 0 saturated carbocycles. The molecule has 1 aromatic rings. The number of rotatable bonds is 2. The Labute approximate surface area is 102 Å². The van der Waals surface area contributed by atoms with Crippen LogP contribution in [0.3, 0.4) is 0 Å². The molecule has 3 nitrogen and oxygen atoms in total. The van der Waals surface area contributed by atoms with Gasteiger partial charge in [-0.3, -0.25) is 0 Å². The second-order valence-corrected chi connectivity index (χ2v) is 5.69. The van der Waals surface area contributed by atoms with Crippen LogP contribution in [-0.4, -0.2) is 25.4 Å². The van der Waals surface area contributed by atoms with Gasteiger partial charge in [0.15, 0.2) is 0 Å². The average molecular weight is 236 g/mol. The molecule has 17 heavy (non-hydrogen) atoms. The molecule has 0 atom stereocenters. The van der Waals surface area contributed by atoms with E-state index in [-0.39, 0.29) is 5.41 Å². The first-order valence-corrected chi connectivity index (χ1v) is 5.86. The molecule has 0 radical (unpaired) electrons. The van der Waals surface area contributed by atoms with Crippen LogP contribution in [0.5, 0.6) is 5.75 Å². The van der Waals surface area contributed by atoms with Crippen molar-refractivity contribution in [3.63, 3.8) is 0 Å². The van der Waals surface area contributed by atoms with Gasteiger partial charge in [-0.05, 0) is 28.7 Å². The molecule has 1 aromatic carbocycles. The minimum absolute atomic E-state index is 0.0116. The van der Waals surface area contributed by atoms with Gasteiger partial charge in [-0.1, -0.05) is 26.8 Å². The smallest absolute Gasteiger partial charge is 0.136 e. The van der Waals surface area contributed by atoms with Crippen molar-refractivity contribution in [2.24, 2.45) is 0 Å². The lowest BCUT2D eigenvalue weighted by Gasteiger charge is -2.37. The fourth-order valence-corrected chi connectivity index (χ4v) is 2.05. The first-order valence-electron chi connectivity index (χ1n) is 5.86. The van der Waals surface area contributed by atoms with E-state index in [2.05, 4.69) is 20.8 Å². The highest BCUT2D eigenvalue weighted by Crippen LogP contribution is 2.37. The van der Waals surface area contributed by atoms with Crippen molar-refractivity contribution in [1.82, 2.24) is 0 Å². The molecule has 1 aliphatic heterocycles. The summed E-state index contributed by atoms with van der Waals surface area (Å²) < 4.78 is 10.5. The largest absolute Gasteiger partial charge is 0.496 e. The van der Waals surface area contributed by atoms with Gasteiger partial charge in [-0.15, -0.1) is 0 Å². The maximum absolute atomic E-state index is 10.3. The van der Waals surface area contributed by atoms with E-state index in [1.807, 2.05) is 18.2 Å². The van der Waals surface area contributed by atoms with Crippen molar-refractivity contribution < 1.29 is 14.6 Å². The van der Waals surface area contributed by atoms with Crippen molar-refractivity contribution in [3.05, 3.63) is 29.3 Å². The zero-order valence-corrected chi connectivity index (χ0v) is 10.9. The highest BCUT2D eigenvalue weighted by atomic mass is 16.5. The Kier molecular flexibility index (Phi) is 2.92. The lowest BCUT2D eigenvalue weighted by Crippen LogP contribution is -2.46. The summed E-state index contributed by atoms with van der Waals surface area (Å²) in [5.74, 6) is 0.866. The van der Waals surface area contributed by atoms with Crippen LogP contribution in [0.4, 0.5) is 0 Å². The normalized spacial score (nSPS) is 18.6. The van der Waals surface area contributed by atoms with Gasteiger partial charge in [-0.25, -0.2) is 0 Å². The van der Waals surface area contributed by atoms with E-state index in [1.54, 1.807) is 7.11 Å². The number of aliphatic hydroxyl groups is 1. The Morgan fingerprint density at radius 3 is 2.35 bits per heavy atom. The Morgan fingerprint density at radius 2 is 1.94 bits per heavy atom. The molecule has 0 amide bonds. The predicted octanol–water partition coefficient (Wildman–Crippen LogP) is 2.21. The number of ether oxygens (including phenoxy) is 2. The molecule has 1 aliphatic rings. The zero-order chi connectivity index (χ0) is 12.7. The molecule has 1 saturated heterocycles. The molecule has 0 unspecified atom stereocenters. The molecule has 94 valence electrons. The predicted molar refractivity (Wildman–Crippen MR) is 66.4 cm³/mol. The van der Waals surface area contributed by atoms with E-state index in [1.165, 1.54) is 0 Å². The number of benzene rings is 1. The fraction of sp³-hybridized carbons (Fsp3) is 0.571. The monoisotopic (exact) mass is 236 g/mol. The number of methoxy groups -OCH3 is 1. The highest BCUT2D eigenvalue weighted by Gasteiger charge is 2.38. The van der Waals surface area contributed by atoms with Gasteiger partial charge in [-0.2, -0.15) is 0 Å². The molecule has 2 rings (SSSR count). The second-order valence-electron chi connectivity index (χ2n) is 5.69. The van der Waals surface area contributed by atoms with Gasteiger partial charge >= 0.3 is 0 Å². The third-order valence-electron chi connectivity index (χ3n) is 3.23. The zero-order valence-electron chi connectivity index (χ0n) is 10.9. The summed E-state index contributed by atoms with van der Waals surface area (Å²) in [6, 6.07) is 5.87. The first-order chi connectivity index (χ1) is 7.87. The van der Waals surface area contributed by atoms with E-state index < -0.39 is 5.60 Å². The van der Waals surface area contributed by atoms with Crippen molar-refractivity contribution in [3.8, 4) is 5.75 Å². The van der Waals surface area contributed by atoms with Gasteiger partial charge < -0.3 is 14.6 Å². The van der Waals surface area contributed by atoms with Crippen LogP contribution in [0.1, 0.15) is 31.9 Å². The van der Waals surface area contributed by atoms with Gasteiger partial charge in [0.1, 0.15) is 11.4 Å². The van der Waals surface area contributed by atoms with E-state index in [9.17, 15) is 5.11 Å². The lowest BCUT2D eigenvalue weighted by atomic mass is 9.82. The van der Waals surface area contributed by atoms with Crippen molar-refractivity contribution >= 4 is 0 Å². The first kappa shape index (κ1) is 12.4. The molecule has 0 bridgehead atoms. The van der Waals surface area contributed by atoms with Gasteiger partial charge in [0.2, 0.25) is 0 Å². The minimum Gasteiger partial charge on any atom is -0.496 e. The Bertz CT molecular complexity index is 414. The molecule has 0 spiro atoms. The van der Waals surface area contributed by atoms with Crippen LogP contribution < -0.4 is 4.74 Å². The summed E-state index contributed by atoms with van der Waals surface area (Å²) in [4.78, 5) is 0.